The van der Waals surface area contributed by atoms with Crippen molar-refractivity contribution in [1.82, 2.24) is 5.32 Å². The Morgan fingerprint density at radius 1 is 1.08 bits per heavy atom. The fourth-order valence-electron chi connectivity index (χ4n) is 2.40. The Morgan fingerprint density at radius 3 is 2.46 bits per heavy atom. The third kappa shape index (κ3) is 4.14. The molecule has 0 radical (unpaired) electrons. The first-order valence-corrected chi connectivity index (χ1v) is 9.30. The zero-order valence-electron chi connectivity index (χ0n) is 14.1. The number of hydrogen-bond acceptors (Lipinski definition) is 3. The molecular formula is C18H22N2O3S. The number of carbonyl (C=O) groups is 1. The predicted octanol–water partition coefficient (Wildman–Crippen LogP) is 3.24. The lowest BCUT2D eigenvalue weighted by atomic mass is 10.1. The van der Waals surface area contributed by atoms with Crippen molar-refractivity contribution in [2.75, 3.05) is 11.3 Å². The van der Waals surface area contributed by atoms with E-state index in [1.807, 2.05) is 19.9 Å². The van der Waals surface area contributed by atoms with Gasteiger partial charge in [-0.15, -0.1) is 0 Å². The molecule has 0 saturated heterocycles. The van der Waals surface area contributed by atoms with Gasteiger partial charge in [0.2, 0.25) is 0 Å². The number of sulfonamides is 1. The lowest BCUT2D eigenvalue weighted by molar-refractivity contribution is 0.0954. The number of rotatable bonds is 6. The molecule has 5 nitrogen and oxygen atoms in total. The van der Waals surface area contributed by atoms with Crippen molar-refractivity contribution in [2.45, 2.75) is 32.1 Å². The van der Waals surface area contributed by atoms with Crippen LogP contribution in [0, 0.1) is 13.8 Å². The van der Waals surface area contributed by atoms with Crippen molar-refractivity contribution in [3.8, 4) is 0 Å². The maximum absolute atomic E-state index is 12.7. The third-order valence-electron chi connectivity index (χ3n) is 3.57. The summed E-state index contributed by atoms with van der Waals surface area (Å²) in [5, 5.41) is 2.76. The Morgan fingerprint density at radius 2 is 1.79 bits per heavy atom. The normalized spacial score (nSPS) is 11.1. The Kier molecular flexibility index (Phi) is 5.62. The fraction of sp³-hybridized carbons (Fsp3) is 0.278. The van der Waals surface area contributed by atoms with Crippen LogP contribution in [-0.4, -0.2) is 20.9 Å². The molecule has 2 N–H and O–H groups in total. The van der Waals surface area contributed by atoms with Gasteiger partial charge in [0.05, 0.1) is 16.1 Å². The number of aryl methyl sites for hydroxylation is 2. The van der Waals surface area contributed by atoms with E-state index >= 15 is 0 Å². The molecule has 128 valence electrons. The van der Waals surface area contributed by atoms with Gasteiger partial charge < -0.3 is 5.32 Å². The Labute approximate surface area is 143 Å². The number of para-hydroxylation sites is 1. The first kappa shape index (κ1) is 18.0. The van der Waals surface area contributed by atoms with Crippen molar-refractivity contribution >= 4 is 21.6 Å². The second-order valence-corrected chi connectivity index (χ2v) is 7.33. The van der Waals surface area contributed by atoms with E-state index in [0.29, 0.717) is 17.7 Å². The Balaban J connectivity index is 2.35. The van der Waals surface area contributed by atoms with Crippen molar-refractivity contribution in [1.29, 1.82) is 0 Å². The molecular weight excluding hydrogens is 324 g/mol. The average Bonchev–Trinajstić information content (AvgIpc) is 2.52. The van der Waals surface area contributed by atoms with Crippen LogP contribution in [0.1, 0.15) is 34.8 Å². The summed E-state index contributed by atoms with van der Waals surface area (Å²) in [6, 6.07) is 11.7. The van der Waals surface area contributed by atoms with Crippen LogP contribution in [-0.2, 0) is 10.0 Å². The SMILES string of the molecule is CCCNC(=O)c1ccccc1NS(=O)(=O)c1ccc(C)cc1C. The van der Waals surface area contributed by atoms with E-state index in [1.54, 1.807) is 43.3 Å². The summed E-state index contributed by atoms with van der Waals surface area (Å²) in [4.78, 5) is 12.4. The molecule has 0 heterocycles. The van der Waals surface area contributed by atoms with Gasteiger partial charge in [-0.2, -0.15) is 0 Å². The molecule has 0 spiro atoms. The predicted molar refractivity (Wildman–Crippen MR) is 95.8 cm³/mol. The quantitative estimate of drug-likeness (QED) is 0.843. The van der Waals surface area contributed by atoms with E-state index in [9.17, 15) is 13.2 Å². The smallest absolute Gasteiger partial charge is 0.262 e. The van der Waals surface area contributed by atoms with Crippen molar-refractivity contribution < 1.29 is 13.2 Å². The maximum Gasteiger partial charge on any atom is 0.262 e. The molecule has 1 amide bonds. The van der Waals surface area contributed by atoms with Gasteiger partial charge in [-0.25, -0.2) is 8.42 Å². The van der Waals surface area contributed by atoms with E-state index in [2.05, 4.69) is 10.0 Å². The van der Waals surface area contributed by atoms with Gasteiger partial charge in [0.1, 0.15) is 0 Å². The minimum absolute atomic E-state index is 0.205. The highest BCUT2D eigenvalue weighted by Crippen LogP contribution is 2.22. The highest BCUT2D eigenvalue weighted by Gasteiger charge is 2.20. The van der Waals surface area contributed by atoms with E-state index in [4.69, 9.17) is 0 Å². The number of carbonyl (C=O) groups excluding carboxylic acids is 1. The summed E-state index contributed by atoms with van der Waals surface area (Å²) in [7, 11) is -3.77. The largest absolute Gasteiger partial charge is 0.352 e. The second-order valence-electron chi connectivity index (χ2n) is 5.68. The molecule has 6 heteroatoms. The molecule has 0 aromatic heterocycles. The van der Waals surface area contributed by atoms with Crippen LogP contribution < -0.4 is 10.0 Å². The third-order valence-corrected chi connectivity index (χ3v) is 5.10. The monoisotopic (exact) mass is 346 g/mol. The Hall–Kier alpha value is -2.34. The minimum atomic E-state index is -3.77. The first-order valence-electron chi connectivity index (χ1n) is 7.82. The number of anilines is 1. The topological polar surface area (TPSA) is 75.3 Å². The summed E-state index contributed by atoms with van der Waals surface area (Å²) in [5.74, 6) is -0.296. The second kappa shape index (κ2) is 7.49. The zero-order chi connectivity index (χ0) is 17.7. The molecule has 0 saturated carbocycles. The van der Waals surface area contributed by atoms with Gasteiger partial charge in [-0.05, 0) is 44.0 Å². The summed E-state index contributed by atoms with van der Waals surface area (Å²) in [6.45, 7) is 6.15. The van der Waals surface area contributed by atoms with E-state index in [0.717, 1.165) is 12.0 Å². The first-order chi connectivity index (χ1) is 11.3. The van der Waals surface area contributed by atoms with E-state index < -0.39 is 10.0 Å². The zero-order valence-corrected chi connectivity index (χ0v) is 14.9. The number of hydrogen-bond donors (Lipinski definition) is 2. The Bertz CT molecular complexity index is 845. The van der Waals surface area contributed by atoms with Crippen LogP contribution >= 0.6 is 0 Å². The number of amides is 1. The molecule has 2 rings (SSSR count). The fourth-order valence-corrected chi connectivity index (χ4v) is 3.71. The number of benzene rings is 2. The van der Waals surface area contributed by atoms with Crippen LogP contribution in [0.2, 0.25) is 0 Å². The molecule has 0 unspecified atom stereocenters. The highest BCUT2D eigenvalue weighted by molar-refractivity contribution is 7.92. The summed E-state index contributed by atoms with van der Waals surface area (Å²) < 4.78 is 27.9. The van der Waals surface area contributed by atoms with Crippen LogP contribution in [0.15, 0.2) is 47.4 Å². The van der Waals surface area contributed by atoms with Gasteiger partial charge in [-0.1, -0.05) is 36.8 Å². The van der Waals surface area contributed by atoms with E-state index in [-0.39, 0.29) is 16.5 Å². The van der Waals surface area contributed by atoms with Crippen LogP contribution in [0.25, 0.3) is 0 Å². The molecule has 0 atom stereocenters. The van der Waals surface area contributed by atoms with E-state index in [1.165, 1.54) is 0 Å². The molecule has 2 aromatic rings. The molecule has 2 aromatic carbocycles. The average molecular weight is 346 g/mol. The van der Waals surface area contributed by atoms with Crippen molar-refractivity contribution in [3.63, 3.8) is 0 Å². The maximum atomic E-state index is 12.7. The van der Waals surface area contributed by atoms with Crippen LogP contribution in [0.5, 0.6) is 0 Å². The van der Waals surface area contributed by atoms with Gasteiger partial charge in [0.25, 0.3) is 15.9 Å². The molecule has 0 fully saturated rings. The molecule has 0 aliphatic heterocycles. The molecule has 0 aliphatic carbocycles. The molecule has 24 heavy (non-hydrogen) atoms. The van der Waals surface area contributed by atoms with Crippen LogP contribution in [0.3, 0.4) is 0 Å². The lowest BCUT2D eigenvalue weighted by Crippen LogP contribution is -2.26. The van der Waals surface area contributed by atoms with Crippen molar-refractivity contribution in [3.05, 3.63) is 59.2 Å². The van der Waals surface area contributed by atoms with Gasteiger partial charge in [-0.3, -0.25) is 9.52 Å². The number of nitrogens with one attached hydrogen (secondary N) is 2. The summed E-state index contributed by atoms with van der Waals surface area (Å²) >= 11 is 0. The summed E-state index contributed by atoms with van der Waals surface area (Å²) in [5.41, 5.74) is 2.23. The van der Waals surface area contributed by atoms with Gasteiger partial charge in [0.15, 0.2) is 0 Å². The molecule has 0 aliphatic rings. The van der Waals surface area contributed by atoms with Crippen LogP contribution in [0.4, 0.5) is 5.69 Å². The standard InChI is InChI=1S/C18H22N2O3S/c1-4-11-19-18(21)15-7-5-6-8-16(15)20-24(22,23)17-10-9-13(2)12-14(17)3/h5-10,12,20H,4,11H2,1-3H3,(H,19,21). The molecule has 0 bridgehead atoms. The minimum Gasteiger partial charge on any atom is -0.352 e. The van der Waals surface area contributed by atoms with Gasteiger partial charge >= 0.3 is 0 Å². The summed E-state index contributed by atoms with van der Waals surface area (Å²) in [6.07, 6.45) is 0.808. The lowest BCUT2D eigenvalue weighted by Gasteiger charge is -2.14. The highest BCUT2D eigenvalue weighted by atomic mass is 32.2. The van der Waals surface area contributed by atoms with Gasteiger partial charge in [0, 0.05) is 6.54 Å². The van der Waals surface area contributed by atoms with Crippen molar-refractivity contribution in [2.24, 2.45) is 0 Å².